The fourth-order valence-electron chi connectivity index (χ4n) is 1.88. The van der Waals surface area contributed by atoms with Crippen molar-refractivity contribution in [2.75, 3.05) is 25.5 Å². The molecule has 0 fully saturated rings. The maximum atomic E-state index is 11.8. The first-order valence-corrected chi connectivity index (χ1v) is 7.73. The van der Waals surface area contributed by atoms with E-state index in [-0.39, 0.29) is 24.9 Å². The van der Waals surface area contributed by atoms with Crippen LogP contribution < -0.4 is 21.1 Å². The minimum atomic E-state index is -0.380. The molecule has 0 aliphatic heterocycles. The molecule has 0 saturated heterocycles. The largest absolute Gasteiger partial charge is 0.497 e. The van der Waals surface area contributed by atoms with Crippen LogP contribution in [0.4, 0.5) is 5.13 Å². The SMILES string of the molecule is COc1ccc(-c2nc(NC(=O)CNC(=O)CN)sc2C)cc1. The average molecular weight is 334 g/mol. The van der Waals surface area contributed by atoms with E-state index < -0.39 is 0 Å². The summed E-state index contributed by atoms with van der Waals surface area (Å²) in [6, 6.07) is 7.53. The fourth-order valence-corrected chi connectivity index (χ4v) is 2.73. The molecule has 0 radical (unpaired) electrons. The van der Waals surface area contributed by atoms with Crippen molar-refractivity contribution in [2.24, 2.45) is 5.73 Å². The van der Waals surface area contributed by atoms with Crippen molar-refractivity contribution in [3.63, 3.8) is 0 Å². The fraction of sp³-hybridized carbons (Fsp3) is 0.267. The molecule has 2 aromatic rings. The molecule has 23 heavy (non-hydrogen) atoms. The Bertz CT molecular complexity index is 697. The van der Waals surface area contributed by atoms with Gasteiger partial charge in [0.15, 0.2) is 5.13 Å². The molecule has 0 spiro atoms. The highest BCUT2D eigenvalue weighted by Gasteiger charge is 2.12. The summed E-state index contributed by atoms with van der Waals surface area (Å²) in [4.78, 5) is 28.2. The zero-order valence-corrected chi connectivity index (χ0v) is 13.7. The van der Waals surface area contributed by atoms with Crippen LogP contribution in [0.1, 0.15) is 4.88 Å². The second kappa shape index (κ2) is 7.70. The molecular formula is C15H18N4O3S. The van der Waals surface area contributed by atoms with Crippen LogP contribution >= 0.6 is 11.3 Å². The Morgan fingerprint density at radius 2 is 1.96 bits per heavy atom. The zero-order valence-electron chi connectivity index (χ0n) is 12.9. The second-order valence-corrected chi connectivity index (χ2v) is 5.88. The van der Waals surface area contributed by atoms with Crippen molar-refractivity contribution >= 4 is 28.3 Å². The van der Waals surface area contributed by atoms with E-state index in [4.69, 9.17) is 10.5 Å². The number of carbonyl (C=O) groups excluding carboxylic acids is 2. The Kier molecular flexibility index (Phi) is 5.67. The van der Waals surface area contributed by atoms with E-state index in [0.717, 1.165) is 21.9 Å². The van der Waals surface area contributed by atoms with Gasteiger partial charge in [0.2, 0.25) is 11.8 Å². The molecule has 122 valence electrons. The molecule has 8 heteroatoms. The number of rotatable bonds is 6. The number of benzene rings is 1. The van der Waals surface area contributed by atoms with Gasteiger partial charge >= 0.3 is 0 Å². The molecule has 2 amide bonds. The Hall–Kier alpha value is -2.45. The van der Waals surface area contributed by atoms with Gasteiger partial charge in [0.1, 0.15) is 5.75 Å². The quantitative estimate of drug-likeness (QED) is 0.734. The third-order valence-electron chi connectivity index (χ3n) is 3.04. The van der Waals surface area contributed by atoms with E-state index in [1.165, 1.54) is 11.3 Å². The number of nitrogens with zero attached hydrogens (tertiary/aromatic N) is 1. The van der Waals surface area contributed by atoms with Crippen LogP contribution in [0, 0.1) is 6.92 Å². The topological polar surface area (TPSA) is 106 Å². The number of aryl methyl sites for hydroxylation is 1. The van der Waals surface area contributed by atoms with Gasteiger partial charge in [-0.05, 0) is 31.2 Å². The minimum Gasteiger partial charge on any atom is -0.497 e. The normalized spacial score (nSPS) is 10.2. The highest BCUT2D eigenvalue weighted by molar-refractivity contribution is 7.16. The highest BCUT2D eigenvalue weighted by atomic mass is 32.1. The molecular weight excluding hydrogens is 316 g/mol. The first-order valence-electron chi connectivity index (χ1n) is 6.92. The average Bonchev–Trinajstić information content (AvgIpc) is 2.92. The number of ether oxygens (including phenoxy) is 1. The van der Waals surface area contributed by atoms with E-state index >= 15 is 0 Å². The summed E-state index contributed by atoms with van der Waals surface area (Å²) in [7, 11) is 1.61. The van der Waals surface area contributed by atoms with E-state index in [1.807, 2.05) is 31.2 Å². The third kappa shape index (κ3) is 4.51. The van der Waals surface area contributed by atoms with Crippen molar-refractivity contribution in [2.45, 2.75) is 6.92 Å². The number of nitrogens with two attached hydrogens (primary N) is 1. The Balaban J connectivity index is 2.05. The summed E-state index contributed by atoms with van der Waals surface area (Å²) in [6.45, 7) is 1.65. The smallest absolute Gasteiger partial charge is 0.245 e. The van der Waals surface area contributed by atoms with E-state index in [9.17, 15) is 9.59 Å². The zero-order chi connectivity index (χ0) is 16.8. The summed E-state index contributed by atoms with van der Waals surface area (Å²) in [5.41, 5.74) is 6.90. The van der Waals surface area contributed by atoms with Crippen LogP contribution in [0.3, 0.4) is 0 Å². The van der Waals surface area contributed by atoms with Gasteiger partial charge in [-0.2, -0.15) is 0 Å². The Morgan fingerprint density at radius 1 is 1.26 bits per heavy atom. The van der Waals surface area contributed by atoms with Gasteiger partial charge in [-0.3, -0.25) is 9.59 Å². The van der Waals surface area contributed by atoms with Crippen LogP contribution in [0.2, 0.25) is 0 Å². The maximum Gasteiger partial charge on any atom is 0.245 e. The van der Waals surface area contributed by atoms with Crippen molar-refractivity contribution < 1.29 is 14.3 Å². The number of hydrogen-bond donors (Lipinski definition) is 3. The van der Waals surface area contributed by atoms with Crippen LogP contribution in [-0.2, 0) is 9.59 Å². The number of aromatic nitrogens is 1. The molecule has 1 aromatic heterocycles. The lowest BCUT2D eigenvalue weighted by Crippen LogP contribution is -2.36. The lowest BCUT2D eigenvalue weighted by atomic mass is 10.1. The van der Waals surface area contributed by atoms with Crippen molar-refractivity contribution in [3.8, 4) is 17.0 Å². The van der Waals surface area contributed by atoms with E-state index in [2.05, 4.69) is 15.6 Å². The summed E-state index contributed by atoms with van der Waals surface area (Å²) in [5, 5.41) is 5.55. The monoisotopic (exact) mass is 334 g/mol. The number of thiazole rings is 1. The van der Waals surface area contributed by atoms with Crippen molar-refractivity contribution in [1.82, 2.24) is 10.3 Å². The number of carbonyl (C=O) groups is 2. The van der Waals surface area contributed by atoms with Gasteiger partial charge in [-0.25, -0.2) is 4.98 Å². The first kappa shape index (κ1) is 16.9. The van der Waals surface area contributed by atoms with E-state index in [1.54, 1.807) is 7.11 Å². The molecule has 0 aliphatic carbocycles. The number of methoxy groups -OCH3 is 1. The predicted molar refractivity (Wildman–Crippen MR) is 89.5 cm³/mol. The van der Waals surface area contributed by atoms with Gasteiger partial charge in [-0.15, -0.1) is 11.3 Å². The molecule has 1 aromatic carbocycles. The highest BCUT2D eigenvalue weighted by Crippen LogP contribution is 2.31. The molecule has 0 unspecified atom stereocenters. The summed E-state index contributed by atoms with van der Waals surface area (Å²) < 4.78 is 5.13. The Labute approximate surface area is 137 Å². The van der Waals surface area contributed by atoms with Crippen LogP contribution in [-0.4, -0.2) is 37.0 Å². The number of hydrogen-bond acceptors (Lipinski definition) is 6. The van der Waals surface area contributed by atoms with Gasteiger partial charge in [0, 0.05) is 10.4 Å². The molecule has 0 atom stereocenters. The minimum absolute atomic E-state index is 0.132. The van der Waals surface area contributed by atoms with Crippen molar-refractivity contribution in [3.05, 3.63) is 29.1 Å². The molecule has 0 bridgehead atoms. The number of amides is 2. The predicted octanol–water partition coefficient (Wildman–Crippen LogP) is 1.14. The lowest BCUT2D eigenvalue weighted by Gasteiger charge is -2.03. The maximum absolute atomic E-state index is 11.8. The van der Waals surface area contributed by atoms with Gasteiger partial charge < -0.3 is 21.1 Å². The first-order chi connectivity index (χ1) is 11.0. The molecule has 2 rings (SSSR count). The summed E-state index contributed by atoms with van der Waals surface area (Å²) in [6.07, 6.45) is 0. The summed E-state index contributed by atoms with van der Waals surface area (Å²) >= 11 is 1.38. The molecule has 1 heterocycles. The molecule has 4 N–H and O–H groups in total. The van der Waals surface area contributed by atoms with Crippen LogP contribution in [0.5, 0.6) is 5.75 Å². The number of nitrogens with one attached hydrogen (secondary N) is 2. The molecule has 0 aliphatic rings. The van der Waals surface area contributed by atoms with Crippen LogP contribution in [0.25, 0.3) is 11.3 Å². The van der Waals surface area contributed by atoms with Gasteiger partial charge in [0.25, 0.3) is 0 Å². The standard InChI is InChI=1S/C15H18N4O3S/c1-9-14(10-3-5-11(22-2)6-4-10)19-15(23-9)18-13(21)8-17-12(20)7-16/h3-6H,7-8,16H2,1-2H3,(H,17,20)(H,18,19,21). The van der Waals surface area contributed by atoms with Crippen LogP contribution in [0.15, 0.2) is 24.3 Å². The molecule has 7 nitrogen and oxygen atoms in total. The Morgan fingerprint density at radius 3 is 2.57 bits per heavy atom. The summed E-state index contributed by atoms with van der Waals surface area (Å²) in [5.74, 6) is 0.0435. The second-order valence-electron chi connectivity index (χ2n) is 4.68. The molecule has 0 saturated carbocycles. The lowest BCUT2D eigenvalue weighted by molar-refractivity contribution is -0.123. The van der Waals surface area contributed by atoms with Crippen molar-refractivity contribution in [1.29, 1.82) is 0 Å². The van der Waals surface area contributed by atoms with Gasteiger partial charge in [-0.1, -0.05) is 0 Å². The third-order valence-corrected chi connectivity index (χ3v) is 3.92. The van der Waals surface area contributed by atoms with E-state index in [0.29, 0.717) is 5.13 Å². The van der Waals surface area contributed by atoms with Gasteiger partial charge in [0.05, 0.1) is 25.9 Å². The number of anilines is 1.